The molecule has 3 rings (SSSR count). The van der Waals surface area contributed by atoms with E-state index in [0.717, 1.165) is 0 Å². The molecule has 1 saturated heterocycles. The number of aryl methyl sites for hydroxylation is 1. The van der Waals surface area contributed by atoms with Crippen molar-refractivity contribution in [1.29, 1.82) is 0 Å². The molecule has 0 atom stereocenters. The molecule has 1 amide bonds. The van der Waals surface area contributed by atoms with E-state index in [1.807, 2.05) is 7.05 Å². The number of nitrogens with zero attached hydrogens (tertiary/aromatic N) is 4. The fraction of sp³-hybridized carbons (Fsp3) is 0.333. The van der Waals surface area contributed by atoms with Crippen molar-refractivity contribution in [3.63, 3.8) is 0 Å². The number of carbonyl (C=O) groups is 1. The second-order valence-electron chi connectivity index (χ2n) is 5.47. The van der Waals surface area contributed by atoms with Crippen LogP contribution in [0.2, 0.25) is 0 Å². The Labute approximate surface area is 135 Å². The fourth-order valence-corrected chi connectivity index (χ4v) is 4.03. The molecule has 7 nitrogen and oxygen atoms in total. The van der Waals surface area contributed by atoms with E-state index in [2.05, 4.69) is 0 Å². The average molecular weight is 335 g/mol. The summed E-state index contributed by atoms with van der Waals surface area (Å²) >= 11 is 0. The Morgan fingerprint density at radius 2 is 1.74 bits per heavy atom. The van der Waals surface area contributed by atoms with Crippen LogP contribution in [-0.2, 0) is 17.1 Å². The van der Waals surface area contributed by atoms with E-state index in [1.54, 1.807) is 58.5 Å². The monoisotopic (exact) mass is 335 g/mol. The standard InChI is InChI=1S/C15H19N4O3S/c1-16-7-8-18(13-16)15(20)17-9-11-19(12-10-17)23(21,22)14-5-3-2-4-6-14/h2-8,13H,9-12H2,1H3/q+1. The van der Waals surface area contributed by atoms with Crippen molar-refractivity contribution in [1.82, 2.24) is 13.8 Å². The highest BCUT2D eigenvalue weighted by atomic mass is 32.2. The minimum atomic E-state index is -3.49. The molecular formula is C15H19N4O3S+. The molecule has 8 heteroatoms. The first-order valence-electron chi connectivity index (χ1n) is 7.36. The lowest BCUT2D eigenvalue weighted by molar-refractivity contribution is -0.670. The van der Waals surface area contributed by atoms with Crippen LogP contribution in [0.25, 0.3) is 0 Å². The number of rotatable bonds is 2. The molecule has 1 aromatic carbocycles. The number of sulfonamides is 1. The lowest BCUT2D eigenvalue weighted by atomic mass is 10.4. The van der Waals surface area contributed by atoms with Crippen LogP contribution >= 0.6 is 0 Å². The second-order valence-corrected chi connectivity index (χ2v) is 7.41. The molecule has 0 unspecified atom stereocenters. The Kier molecular flexibility index (Phi) is 4.18. The molecule has 0 spiro atoms. The Morgan fingerprint density at radius 1 is 1.09 bits per heavy atom. The summed E-state index contributed by atoms with van der Waals surface area (Å²) < 4.78 is 29.8. The zero-order chi connectivity index (χ0) is 16.4. The Balaban J connectivity index is 1.68. The molecule has 23 heavy (non-hydrogen) atoms. The van der Waals surface area contributed by atoms with Crippen LogP contribution in [0.4, 0.5) is 4.79 Å². The number of amides is 1. The molecule has 1 aliphatic heterocycles. The lowest BCUT2D eigenvalue weighted by Crippen LogP contribution is -2.51. The molecule has 1 aliphatic rings. The van der Waals surface area contributed by atoms with Gasteiger partial charge in [-0.1, -0.05) is 18.2 Å². The third-order valence-corrected chi connectivity index (χ3v) is 5.79. The summed E-state index contributed by atoms with van der Waals surface area (Å²) in [5.41, 5.74) is 0. The van der Waals surface area contributed by atoms with Gasteiger partial charge >= 0.3 is 6.03 Å². The first kappa shape index (κ1) is 15.7. The van der Waals surface area contributed by atoms with Crippen LogP contribution < -0.4 is 4.57 Å². The summed E-state index contributed by atoms with van der Waals surface area (Å²) in [4.78, 5) is 14.3. The van der Waals surface area contributed by atoms with Crippen molar-refractivity contribution >= 4 is 16.1 Å². The predicted molar refractivity (Wildman–Crippen MR) is 83.2 cm³/mol. The normalized spacial score (nSPS) is 16.5. The third kappa shape index (κ3) is 3.13. The van der Waals surface area contributed by atoms with Crippen molar-refractivity contribution in [3.8, 4) is 0 Å². The van der Waals surface area contributed by atoms with E-state index in [-0.39, 0.29) is 10.9 Å². The van der Waals surface area contributed by atoms with Crippen LogP contribution in [-0.4, -0.2) is 54.4 Å². The number of benzene rings is 1. The first-order chi connectivity index (χ1) is 11.0. The van der Waals surface area contributed by atoms with Gasteiger partial charge in [-0.25, -0.2) is 17.8 Å². The molecule has 0 radical (unpaired) electrons. The van der Waals surface area contributed by atoms with Gasteiger partial charge in [-0.15, -0.1) is 0 Å². The van der Waals surface area contributed by atoms with E-state index >= 15 is 0 Å². The largest absolute Gasteiger partial charge is 0.415 e. The summed E-state index contributed by atoms with van der Waals surface area (Å²) in [5.74, 6) is 0. The van der Waals surface area contributed by atoms with Crippen LogP contribution in [0.3, 0.4) is 0 Å². The van der Waals surface area contributed by atoms with Crippen molar-refractivity contribution in [2.24, 2.45) is 7.05 Å². The van der Waals surface area contributed by atoms with E-state index < -0.39 is 10.0 Å². The maximum atomic E-state index is 12.6. The number of aromatic nitrogens is 2. The van der Waals surface area contributed by atoms with Crippen LogP contribution in [0.15, 0.2) is 53.9 Å². The van der Waals surface area contributed by atoms with Gasteiger partial charge in [0.15, 0.2) is 0 Å². The topological polar surface area (TPSA) is 66.5 Å². The van der Waals surface area contributed by atoms with Crippen LogP contribution in [0, 0.1) is 0 Å². The van der Waals surface area contributed by atoms with Crippen molar-refractivity contribution in [2.75, 3.05) is 26.2 Å². The van der Waals surface area contributed by atoms with Crippen LogP contribution in [0.5, 0.6) is 0 Å². The minimum Gasteiger partial charge on any atom is -0.302 e. The maximum Gasteiger partial charge on any atom is 0.415 e. The van der Waals surface area contributed by atoms with E-state index in [4.69, 9.17) is 0 Å². The van der Waals surface area contributed by atoms with Crippen LogP contribution in [0.1, 0.15) is 0 Å². The number of hydrogen-bond acceptors (Lipinski definition) is 3. The van der Waals surface area contributed by atoms with Crippen molar-refractivity contribution in [2.45, 2.75) is 4.90 Å². The molecule has 2 aromatic rings. The summed E-state index contributed by atoms with van der Waals surface area (Å²) in [6.07, 6.45) is 5.17. The summed E-state index contributed by atoms with van der Waals surface area (Å²) in [6, 6.07) is 8.24. The summed E-state index contributed by atoms with van der Waals surface area (Å²) in [5, 5.41) is 0. The van der Waals surface area contributed by atoms with E-state index in [9.17, 15) is 13.2 Å². The van der Waals surface area contributed by atoms with Gasteiger partial charge < -0.3 is 4.90 Å². The Bertz CT molecular complexity index is 793. The second kappa shape index (κ2) is 6.13. The highest BCUT2D eigenvalue weighted by Gasteiger charge is 2.31. The third-order valence-electron chi connectivity index (χ3n) is 3.88. The van der Waals surface area contributed by atoms with Crippen molar-refractivity contribution in [3.05, 3.63) is 49.1 Å². The van der Waals surface area contributed by atoms with Crippen molar-refractivity contribution < 1.29 is 17.8 Å². The zero-order valence-corrected chi connectivity index (χ0v) is 13.7. The average Bonchev–Trinajstić information content (AvgIpc) is 3.01. The highest BCUT2D eigenvalue weighted by Crippen LogP contribution is 2.17. The fourth-order valence-electron chi connectivity index (χ4n) is 2.59. The highest BCUT2D eigenvalue weighted by molar-refractivity contribution is 7.89. The molecule has 0 bridgehead atoms. The zero-order valence-electron chi connectivity index (χ0n) is 12.9. The Hall–Kier alpha value is -2.19. The summed E-state index contributed by atoms with van der Waals surface area (Å²) in [7, 11) is -1.65. The van der Waals surface area contributed by atoms with Gasteiger partial charge in [0.1, 0.15) is 12.4 Å². The first-order valence-corrected chi connectivity index (χ1v) is 8.80. The van der Waals surface area contributed by atoms with Gasteiger partial charge in [-0.3, -0.25) is 0 Å². The van der Waals surface area contributed by atoms with Gasteiger partial charge in [-0.05, 0) is 12.1 Å². The molecule has 2 heterocycles. The van der Waals surface area contributed by atoms with Gasteiger partial charge in [0.2, 0.25) is 10.0 Å². The molecule has 122 valence electrons. The number of imidazole rings is 1. The lowest BCUT2D eigenvalue weighted by Gasteiger charge is -2.32. The number of piperazine rings is 1. The molecular weight excluding hydrogens is 316 g/mol. The minimum absolute atomic E-state index is 0.137. The molecule has 1 fully saturated rings. The van der Waals surface area contributed by atoms with Gasteiger partial charge in [0.25, 0.3) is 6.33 Å². The smallest absolute Gasteiger partial charge is 0.302 e. The SMILES string of the molecule is C[n+]1ccn(C(=O)N2CCN(S(=O)(=O)c3ccccc3)CC2)c1. The molecule has 0 saturated carbocycles. The number of carbonyl (C=O) groups excluding carboxylic acids is 1. The predicted octanol–water partition coefficient (Wildman–Crippen LogP) is 0.287. The van der Waals surface area contributed by atoms with E-state index in [0.29, 0.717) is 26.2 Å². The quantitative estimate of drug-likeness (QED) is 0.741. The number of hydrogen-bond donors (Lipinski definition) is 0. The van der Waals surface area contributed by atoms with Gasteiger partial charge in [0, 0.05) is 26.2 Å². The Morgan fingerprint density at radius 3 is 2.30 bits per heavy atom. The van der Waals surface area contributed by atoms with E-state index in [1.165, 1.54) is 8.87 Å². The summed E-state index contributed by atoms with van der Waals surface area (Å²) in [6.45, 7) is 1.37. The molecule has 0 N–H and O–H groups in total. The van der Waals surface area contributed by atoms with Gasteiger partial charge in [-0.2, -0.15) is 8.87 Å². The van der Waals surface area contributed by atoms with Gasteiger partial charge in [0.05, 0.1) is 11.9 Å². The molecule has 0 aliphatic carbocycles. The molecule has 1 aromatic heterocycles. The maximum absolute atomic E-state index is 12.6.